The van der Waals surface area contributed by atoms with Gasteiger partial charge < -0.3 is 9.88 Å². The highest BCUT2D eigenvalue weighted by Gasteiger charge is 2.06. The fourth-order valence-corrected chi connectivity index (χ4v) is 3.17. The van der Waals surface area contributed by atoms with Crippen LogP contribution in [0.25, 0.3) is 10.9 Å². The number of nitrogens with one attached hydrogen (secondary N) is 1. The molecule has 20 heavy (non-hydrogen) atoms. The van der Waals surface area contributed by atoms with Gasteiger partial charge in [0.15, 0.2) is 0 Å². The van der Waals surface area contributed by atoms with Crippen LogP contribution in [0, 0.1) is 0 Å². The van der Waals surface area contributed by atoms with Gasteiger partial charge in [0.1, 0.15) is 0 Å². The first-order chi connectivity index (χ1) is 9.74. The number of nitrogens with zero attached hydrogens (tertiary/aromatic N) is 1. The van der Waals surface area contributed by atoms with E-state index in [0.717, 1.165) is 13.1 Å². The van der Waals surface area contributed by atoms with Gasteiger partial charge >= 0.3 is 0 Å². The molecule has 0 fully saturated rings. The zero-order valence-corrected chi connectivity index (χ0v) is 12.8. The predicted octanol–water partition coefficient (Wildman–Crippen LogP) is 4.25. The lowest BCUT2D eigenvalue weighted by atomic mass is 10.1. The summed E-state index contributed by atoms with van der Waals surface area (Å²) in [7, 11) is 0. The van der Waals surface area contributed by atoms with E-state index in [4.69, 9.17) is 0 Å². The van der Waals surface area contributed by atoms with E-state index >= 15 is 0 Å². The highest BCUT2D eigenvalue weighted by atomic mass is 32.1. The third-order valence-electron chi connectivity index (χ3n) is 3.51. The van der Waals surface area contributed by atoms with Crippen molar-refractivity contribution >= 4 is 22.2 Å². The van der Waals surface area contributed by atoms with Crippen LogP contribution in [0.5, 0.6) is 0 Å². The van der Waals surface area contributed by atoms with Gasteiger partial charge in [0.05, 0.1) is 6.54 Å². The molecule has 0 radical (unpaired) electrons. The van der Waals surface area contributed by atoms with Gasteiger partial charge in [-0.05, 0) is 29.1 Å². The Morgan fingerprint density at radius 2 is 2.05 bits per heavy atom. The predicted molar refractivity (Wildman–Crippen MR) is 87.3 cm³/mol. The first kappa shape index (κ1) is 13.4. The molecule has 2 nitrogen and oxygen atoms in total. The number of thiophene rings is 1. The Hall–Kier alpha value is -1.58. The average Bonchev–Trinajstić information content (AvgIpc) is 3.07. The van der Waals surface area contributed by atoms with Crippen LogP contribution in [-0.2, 0) is 13.1 Å². The molecule has 0 saturated carbocycles. The van der Waals surface area contributed by atoms with Crippen LogP contribution in [0.4, 0.5) is 0 Å². The molecular weight excluding hydrogens is 264 g/mol. The van der Waals surface area contributed by atoms with Gasteiger partial charge in [-0.1, -0.05) is 32.0 Å². The number of hydrogen-bond acceptors (Lipinski definition) is 2. The molecular formula is C17H20N2S. The fourth-order valence-electron chi connectivity index (χ4n) is 2.46. The first-order valence-corrected chi connectivity index (χ1v) is 7.94. The molecule has 0 spiro atoms. The second-order valence-electron chi connectivity index (χ2n) is 5.41. The molecule has 2 heterocycles. The van der Waals surface area contributed by atoms with Crippen LogP contribution >= 0.6 is 11.3 Å². The van der Waals surface area contributed by atoms with Crippen molar-refractivity contribution in [1.29, 1.82) is 0 Å². The molecule has 0 aliphatic carbocycles. The van der Waals surface area contributed by atoms with Crippen molar-refractivity contribution in [1.82, 2.24) is 9.88 Å². The summed E-state index contributed by atoms with van der Waals surface area (Å²) in [5, 5.41) is 7.00. The number of aromatic nitrogens is 1. The molecule has 0 aliphatic rings. The van der Waals surface area contributed by atoms with Crippen molar-refractivity contribution in [3.63, 3.8) is 0 Å². The van der Waals surface area contributed by atoms with Crippen molar-refractivity contribution in [2.45, 2.75) is 33.0 Å². The molecule has 3 heteroatoms. The Balaban J connectivity index is 1.90. The minimum atomic E-state index is 0.512. The maximum atomic E-state index is 3.50. The molecule has 1 aromatic carbocycles. The normalized spacial score (nSPS) is 11.6. The van der Waals surface area contributed by atoms with Gasteiger partial charge in [0.25, 0.3) is 0 Å². The maximum Gasteiger partial charge on any atom is 0.0569 e. The number of rotatable bonds is 5. The van der Waals surface area contributed by atoms with Crippen molar-refractivity contribution in [2.75, 3.05) is 0 Å². The zero-order chi connectivity index (χ0) is 13.9. The van der Waals surface area contributed by atoms with E-state index in [9.17, 15) is 0 Å². The molecule has 0 atom stereocenters. The summed E-state index contributed by atoms with van der Waals surface area (Å²) in [5.74, 6) is 0. The molecule has 104 valence electrons. The quantitative estimate of drug-likeness (QED) is 0.741. The van der Waals surface area contributed by atoms with E-state index in [2.05, 4.69) is 71.7 Å². The number of fused-ring (bicyclic) bond motifs is 1. The van der Waals surface area contributed by atoms with Crippen LogP contribution in [-0.4, -0.2) is 10.6 Å². The lowest BCUT2D eigenvalue weighted by molar-refractivity contribution is 0.590. The van der Waals surface area contributed by atoms with Gasteiger partial charge in [-0.15, -0.1) is 11.3 Å². The van der Waals surface area contributed by atoms with Crippen molar-refractivity contribution < 1.29 is 0 Å². The zero-order valence-electron chi connectivity index (χ0n) is 12.0. The largest absolute Gasteiger partial charge is 0.342 e. The molecule has 0 unspecified atom stereocenters. The Bertz CT molecular complexity index is 680. The maximum absolute atomic E-state index is 3.50. The van der Waals surface area contributed by atoms with Gasteiger partial charge in [-0.2, -0.15) is 0 Å². The molecule has 3 aromatic rings. The smallest absolute Gasteiger partial charge is 0.0569 e. The van der Waals surface area contributed by atoms with E-state index in [1.807, 2.05) is 11.3 Å². The summed E-state index contributed by atoms with van der Waals surface area (Å²) in [6.45, 7) is 6.25. The molecule has 0 amide bonds. The minimum Gasteiger partial charge on any atom is -0.342 e. The summed E-state index contributed by atoms with van der Waals surface area (Å²) in [4.78, 5) is 1.40. The number of benzene rings is 1. The summed E-state index contributed by atoms with van der Waals surface area (Å²) >= 11 is 1.81. The third-order valence-corrected chi connectivity index (χ3v) is 4.37. The van der Waals surface area contributed by atoms with Crippen molar-refractivity contribution in [2.24, 2.45) is 0 Å². The van der Waals surface area contributed by atoms with Gasteiger partial charge in [0.2, 0.25) is 0 Å². The monoisotopic (exact) mass is 284 g/mol. The minimum absolute atomic E-state index is 0.512. The first-order valence-electron chi connectivity index (χ1n) is 7.06. The SMILES string of the molecule is CC(C)NCc1cccc2c1ccn2Cc1cccs1. The van der Waals surface area contributed by atoms with Crippen LogP contribution in [0.1, 0.15) is 24.3 Å². The summed E-state index contributed by atoms with van der Waals surface area (Å²) in [5.41, 5.74) is 2.70. The van der Waals surface area contributed by atoms with E-state index in [1.165, 1.54) is 21.3 Å². The van der Waals surface area contributed by atoms with Crippen molar-refractivity contribution in [3.05, 3.63) is 58.4 Å². The lowest BCUT2D eigenvalue weighted by Crippen LogP contribution is -2.21. The Labute approximate surface area is 124 Å². The topological polar surface area (TPSA) is 17.0 Å². The Kier molecular flexibility index (Phi) is 3.90. The summed E-state index contributed by atoms with van der Waals surface area (Å²) < 4.78 is 2.33. The molecule has 2 aromatic heterocycles. The Morgan fingerprint density at radius 1 is 1.15 bits per heavy atom. The van der Waals surface area contributed by atoms with Gasteiger partial charge in [-0.3, -0.25) is 0 Å². The van der Waals surface area contributed by atoms with E-state index in [0.29, 0.717) is 6.04 Å². The molecule has 0 bridgehead atoms. The van der Waals surface area contributed by atoms with Gasteiger partial charge in [-0.25, -0.2) is 0 Å². The highest BCUT2D eigenvalue weighted by Crippen LogP contribution is 2.22. The lowest BCUT2D eigenvalue weighted by Gasteiger charge is -2.10. The summed E-state index contributed by atoms with van der Waals surface area (Å²) in [6, 6.07) is 13.6. The van der Waals surface area contributed by atoms with Crippen molar-refractivity contribution in [3.8, 4) is 0 Å². The third kappa shape index (κ3) is 2.79. The average molecular weight is 284 g/mol. The highest BCUT2D eigenvalue weighted by molar-refractivity contribution is 7.09. The molecule has 0 saturated heterocycles. The van der Waals surface area contributed by atoms with E-state index in [1.54, 1.807) is 0 Å². The fraction of sp³-hybridized carbons (Fsp3) is 0.294. The van der Waals surface area contributed by atoms with E-state index in [-0.39, 0.29) is 0 Å². The van der Waals surface area contributed by atoms with Crippen LogP contribution in [0.3, 0.4) is 0 Å². The molecule has 0 aliphatic heterocycles. The van der Waals surface area contributed by atoms with Gasteiger partial charge in [0, 0.05) is 34.6 Å². The van der Waals surface area contributed by atoms with Crippen LogP contribution in [0.15, 0.2) is 48.0 Å². The van der Waals surface area contributed by atoms with E-state index < -0.39 is 0 Å². The molecule has 3 rings (SSSR count). The standard InChI is InChI=1S/C17H20N2S/c1-13(2)18-11-14-5-3-7-17-16(14)8-9-19(17)12-15-6-4-10-20-15/h3-10,13,18H,11-12H2,1-2H3. The van der Waals surface area contributed by atoms with Crippen LogP contribution < -0.4 is 5.32 Å². The second kappa shape index (κ2) is 5.81. The second-order valence-corrected chi connectivity index (χ2v) is 6.44. The molecule has 1 N–H and O–H groups in total. The number of hydrogen-bond donors (Lipinski definition) is 1. The summed E-state index contributed by atoms with van der Waals surface area (Å²) in [6.07, 6.45) is 2.20. The van der Waals surface area contributed by atoms with Crippen LogP contribution in [0.2, 0.25) is 0 Å². The Morgan fingerprint density at radius 3 is 2.80 bits per heavy atom.